The third kappa shape index (κ3) is 4.55. The molecule has 0 spiro atoms. The average Bonchev–Trinajstić information content (AvgIpc) is 3.42. The number of rotatable bonds is 6. The van der Waals surface area contributed by atoms with Gasteiger partial charge in [-0.15, -0.1) is 0 Å². The number of carbonyl (C=O) groups excluding carboxylic acids is 1. The molecule has 0 saturated carbocycles. The quantitative estimate of drug-likeness (QED) is 0.625. The van der Waals surface area contributed by atoms with Crippen LogP contribution >= 0.6 is 0 Å². The van der Waals surface area contributed by atoms with Crippen LogP contribution in [-0.2, 0) is 29.6 Å². The number of anilines is 1. The lowest BCUT2D eigenvalue weighted by atomic mass is 10.2. The minimum Gasteiger partial charge on any atom is -0.379 e. The number of aromatic nitrogens is 1. The van der Waals surface area contributed by atoms with E-state index in [-0.39, 0.29) is 46.6 Å². The van der Waals surface area contributed by atoms with Crippen molar-refractivity contribution >= 4 is 31.6 Å². The van der Waals surface area contributed by atoms with Gasteiger partial charge in [0.2, 0.25) is 26.0 Å². The molecule has 1 amide bonds. The first kappa shape index (κ1) is 23.8. The van der Waals surface area contributed by atoms with Crippen LogP contribution in [0.2, 0.25) is 0 Å². The second-order valence-electron chi connectivity index (χ2n) is 7.96. The van der Waals surface area contributed by atoms with Crippen molar-refractivity contribution in [3.8, 4) is 0 Å². The number of hydrogen-bond donors (Lipinski definition) is 1. The Morgan fingerprint density at radius 3 is 2.48 bits per heavy atom. The van der Waals surface area contributed by atoms with Gasteiger partial charge in [0, 0.05) is 25.3 Å². The van der Waals surface area contributed by atoms with E-state index in [0.29, 0.717) is 26.1 Å². The second kappa shape index (κ2) is 9.14. The molecule has 2 saturated heterocycles. The topological polar surface area (TPSA) is 139 Å². The SMILES string of the molecule is Cc1noc(C)c1S(=O)(=O)N1CCC[C@H]1C(=O)Nc1cccc(S(=O)(=O)N2CCOCC2)c1. The Balaban J connectivity index is 1.54. The predicted octanol–water partition coefficient (Wildman–Crippen LogP) is 1.10. The van der Waals surface area contributed by atoms with Crippen LogP contribution in [0.15, 0.2) is 38.6 Å². The van der Waals surface area contributed by atoms with Crippen LogP contribution in [0.25, 0.3) is 0 Å². The van der Waals surface area contributed by atoms with Gasteiger partial charge >= 0.3 is 0 Å². The summed E-state index contributed by atoms with van der Waals surface area (Å²) < 4.78 is 65.0. The van der Waals surface area contributed by atoms with Crippen molar-refractivity contribution in [1.82, 2.24) is 13.8 Å². The fourth-order valence-electron chi connectivity index (χ4n) is 4.15. The summed E-state index contributed by atoms with van der Waals surface area (Å²) in [6, 6.07) is 5.02. The highest BCUT2D eigenvalue weighted by molar-refractivity contribution is 7.89. The molecule has 11 nitrogen and oxygen atoms in total. The number of carbonyl (C=O) groups is 1. The number of sulfonamides is 2. The number of nitrogens with one attached hydrogen (secondary N) is 1. The standard InChI is InChI=1S/C20H26N4O7S2/c1-14-19(15(2)31-22-14)33(28,29)24-8-4-7-18(24)20(25)21-16-5-3-6-17(13-16)32(26,27)23-9-11-30-12-10-23/h3,5-6,13,18H,4,7-12H2,1-2H3,(H,21,25)/t18-/m0/s1. The minimum absolute atomic E-state index is 0.0270. The van der Waals surface area contributed by atoms with Crippen LogP contribution < -0.4 is 5.32 Å². The molecule has 0 radical (unpaired) electrons. The Bertz CT molecular complexity index is 1230. The van der Waals surface area contributed by atoms with Gasteiger partial charge in [-0.2, -0.15) is 8.61 Å². The number of ether oxygens (including phenoxy) is 1. The minimum atomic E-state index is -3.99. The average molecular weight is 499 g/mol. The predicted molar refractivity (Wildman–Crippen MR) is 118 cm³/mol. The van der Waals surface area contributed by atoms with Gasteiger partial charge in [-0.1, -0.05) is 11.2 Å². The molecule has 180 valence electrons. The van der Waals surface area contributed by atoms with Gasteiger partial charge in [0.25, 0.3) is 0 Å². The Labute approximate surface area is 192 Å². The third-order valence-corrected chi connectivity index (χ3v) is 9.80. The molecule has 0 aliphatic carbocycles. The van der Waals surface area contributed by atoms with Gasteiger partial charge in [0.1, 0.15) is 16.6 Å². The molecule has 0 bridgehead atoms. The molecule has 1 aromatic heterocycles. The largest absolute Gasteiger partial charge is 0.379 e. The van der Waals surface area contributed by atoms with E-state index in [4.69, 9.17) is 9.26 Å². The molecule has 1 aromatic carbocycles. The first-order valence-corrected chi connectivity index (χ1v) is 13.4. The van der Waals surface area contributed by atoms with Crippen molar-refractivity contribution < 1.29 is 30.9 Å². The highest BCUT2D eigenvalue weighted by atomic mass is 32.2. The summed E-state index contributed by atoms with van der Waals surface area (Å²) >= 11 is 0. The molecule has 4 rings (SSSR count). The number of amides is 1. The number of nitrogens with zero attached hydrogens (tertiary/aromatic N) is 3. The fraction of sp³-hybridized carbons (Fsp3) is 0.500. The van der Waals surface area contributed by atoms with E-state index in [9.17, 15) is 21.6 Å². The molecule has 2 fully saturated rings. The summed E-state index contributed by atoms with van der Waals surface area (Å²) in [6.07, 6.45) is 0.867. The Morgan fingerprint density at radius 1 is 1.09 bits per heavy atom. The molecule has 1 atom stereocenters. The molecule has 33 heavy (non-hydrogen) atoms. The normalized spacial score (nSPS) is 20.7. The lowest BCUT2D eigenvalue weighted by Gasteiger charge is -2.26. The van der Waals surface area contributed by atoms with E-state index in [1.54, 1.807) is 6.07 Å². The van der Waals surface area contributed by atoms with Gasteiger partial charge in [-0.25, -0.2) is 16.8 Å². The molecular weight excluding hydrogens is 472 g/mol. The summed E-state index contributed by atoms with van der Waals surface area (Å²) in [4.78, 5) is 13.1. The number of hydrogen-bond acceptors (Lipinski definition) is 8. The maximum atomic E-state index is 13.2. The van der Waals surface area contributed by atoms with Gasteiger partial charge in [0.05, 0.1) is 18.1 Å². The number of aryl methyl sites for hydroxylation is 2. The second-order valence-corrected chi connectivity index (χ2v) is 11.7. The Hall–Kier alpha value is -2.32. The summed E-state index contributed by atoms with van der Waals surface area (Å²) in [6.45, 7) is 4.41. The lowest BCUT2D eigenvalue weighted by molar-refractivity contribution is -0.119. The van der Waals surface area contributed by atoms with E-state index >= 15 is 0 Å². The van der Waals surface area contributed by atoms with E-state index in [2.05, 4.69) is 10.5 Å². The highest BCUT2D eigenvalue weighted by Gasteiger charge is 2.42. The molecule has 0 unspecified atom stereocenters. The van der Waals surface area contributed by atoms with Gasteiger partial charge in [-0.3, -0.25) is 4.79 Å². The molecule has 2 aliphatic rings. The smallest absolute Gasteiger partial charge is 0.249 e. The summed E-state index contributed by atoms with van der Waals surface area (Å²) in [7, 11) is -7.72. The van der Waals surface area contributed by atoms with Gasteiger partial charge in [-0.05, 0) is 44.9 Å². The third-order valence-electron chi connectivity index (χ3n) is 5.75. The summed E-state index contributed by atoms with van der Waals surface area (Å²) in [5.74, 6) is -0.358. The fourth-order valence-corrected chi connectivity index (χ4v) is 7.55. The van der Waals surface area contributed by atoms with Gasteiger partial charge < -0.3 is 14.6 Å². The van der Waals surface area contributed by atoms with Crippen LogP contribution in [0, 0.1) is 13.8 Å². The molecule has 2 aliphatic heterocycles. The molecule has 1 N–H and O–H groups in total. The monoisotopic (exact) mass is 498 g/mol. The molecule has 13 heteroatoms. The zero-order chi connectivity index (χ0) is 23.8. The van der Waals surface area contributed by atoms with Crippen molar-refractivity contribution in [1.29, 1.82) is 0 Å². The van der Waals surface area contributed by atoms with Crippen LogP contribution in [0.5, 0.6) is 0 Å². The molecule has 2 aromatic rings. The van der Waals surface area contributed by atoms with Crippen LogP contribution in [0.4, 0.5) is 5.69 Å². The van der Waals surface area contributed by atoms with Crippen molar-refractivity contribution in [3.63, 3.8) is 0 Å². The van der Waals surface area contributed by atoms with Gasteiger partial charge in [0.15, 0.2) is 5.76 Å². The van der Waals surface area contributed by atoms with Crippen molar-refractivity contribution in [2.75, 3.05) is 38.2 Å². The molecule has 3 heterocycles. The zero-order valence-corrected chi connectivity index (χ0v) is 20.0. The first-order valence-electron chi connectivity index (χ1n) is 10.6. The number of morpholine rings is 1. The van der Waals surface area contributed by atoms with Crippen LogP contribution in [0.1, 0.15) is 24.3 Å². The van der Waals surface area contributed by atoms with Crippen LogP contribution in [0.3, 0.4) is 0 Å². The number of benzene rings is 1. The highest BCUT2D eigenvalue weighted by Crippen LogP contribution is 2.30. The molecular formula is C20H26N4O7S2. The lowest BCUT2D eigenvalue weighted by Crippen LogP contribution is -2.43. The van der Waals surface area contributed by atoms with E-state index in [1.807, 2.05) is 0 Å². The van der Waals surface area contributed by atoms with E-state index in [1.165, 1.54) is 36.4 Å². The van der Waals surface area contributed by atoms with Crippen molar-refractivity contribution in [2.24, 2.45) is 0 Å². The first-order chi connectivity index (χ1) is 15.6. The zero-order valence-electron chi connectivity index (χ0n) is 18.4. The van der Waals surface area contributed by atoms with E-state index in [0.717, 1.165) is 4.31 Å². The summed E-state index contributed by atoms with van der Waals surface area (Å²) in [5.41, 5.74) is 0.510. The van der Waals surface area contributed by atoms with Crippen molar-refractivity contribution in [2.45, 2.75) is 42.5 Å². The van der Waals surface area contributed by atoms with Crippen molar-refractivity contribution in [3.05, 3.63) is 35.7 Å². The van der Waals surface area contributed by atoms with E-state index < -0.39 is 32.0 Å². The maximum absolute atomic E-state index is 13.2. The summed E-state index contributed by atoms with van der Waals surface area (Å²) in [5, 5.41) is 6.40. The van der Waals surface area contributed by atoms with Crippen LogP contribution in [-0.4, -0.2) is 75.4 Å². The maximum Gasteiger partial charge on any atom is 0.249 e. The Morgan fingerprint density at radius 2 is 1.82 bits per heavy atom. The Kier molecular flexibility index (Phi) is 6.60.